The Morgan fingerprint density at radius 1 is 1.11 bits per heavy atom. The highest BCUT2D eigenvalue weighted by molar-refractivity contribution is 7.98. The van der Waals surface area contributed by atoms with Crippen molar-refractivity contribution in [3.8, 4) is 11.3 Å². The summed E-state index contributed by atoms with van der Waals surface area (Å²) in [6.45, 7) is 3.67. The van der Waals surface area contributed by atoms with Crippen molar-refractivity contribution in [3.05, 3.63) is 51.8 Å². The summed E-state index contributed by atoms with van der Waals surface area (Å²) in [7, 11) is 0. The number of nitrogens with zero attached hydrogens (tertiary/aromatic N) is 3. The molecule has 1 aliphatic rings. The lowest BCUT2D eigenvalue weighted by Crippen LogP contribution is -2.17. The number of thiazole rings is 1. The fraction of sp³-hybridized carbons (Fsp3) is 0.333. The molecule has 0 unspecified atom stereocenters. The predicted molar refractivity (Wildman–Crippen MR) is 115 cm³/mol. The number of carbonyl (C=O) groups is 1. The normalized spacial score (nSPS) is 13.2. The Kier molecular flexibility index (Phi) is 5.46. The Morgan fingerprint density at radius 3 is 2.68 bits per heavy atom. The van der Waals surface area contributed by atoms with Crippen LogP contribution in [0.15, 0.2) is 28.6 Å². The van der Waals surface area contributed by atoms with Crippen LogP contribution in [-0.2, 0) is 12.8 Å². The van der Waals surface area contributed by atoms with E-state index in [0.29, 0.717) is 27.2 Å². The number of fused-ring (bicyclic) bond motifs is 1. The number of benzene rings is 1. The molecule has 0 saturated heterocycles. The number of hydrogen-bond acceptors (Lipinski definition) is 6. The van der Waals surface area contributed by atoms with E-state index < -0.39 is 0 Å². The number of thioether (sulfide) groups is 1. The molecule has 1 aromatic carbocycles. The summed E-state index contributed by atoms with van der Waals surface area (Å²) in [5, 5.41) is 6.19. The van der Waals surface area contributed by atoms with Crippen LogP contribution in [0.4, 0.5) is 5.13 Å². The Morgan fingerprint density at radius 2 is 1.89 bits per heavy atom. The fourth-order valence-electron chi connectivity index (χ4n) is 3.61. The number of nitrogens with one attached hydrogen (secondary N) is 1. The molecule has 0 radical (unpaired) electrons. The van der Waals surface area contributed by atoms with Gasteiger partial charge in [-0.15, -0.1) is 23.1 Å². The highest BCUT2D eigenvalue weighted by atomic mass is 32.2. The number of carbonyl (C=O) groups excluding carboxylic acids is 1. The van der Waals surface area contributed by atoms with Crippen LogP contribution in [0.1, 0.15) is 45.8 Å². The minimum absolute atomic E-state index is 0.215. The van der Waals surface area contributed by atoms with Crippen LogP contribution in [0.5, 0.6) is 0 Å². The van der Waals surface area contributed by atoms with Crippen molar-refractivity contribution in [2.24, 2.45) is 0 Å². The Balaban J connectivity index is 1.57. The average molecular weight is 411 g/mol. The van der Waals surface area contributed by atoms with E-state index in [-0.39, 0.29) is 5.91 Å². The molecule has 0 spiro atoms. The van der Waals surface area contributed by atoms with E-state index in [1.807, 2.05) is 25.5 Å². The van der Waals surface area contributed by atoms with Gasteiger partial charge in [0, 0.05) is 10.9 Å². The molecule has 0 atom stereocenters. The van der Waals surface area contributed by atoms with Gasteiger partial charge in [-0.1, -0.05) is 12.1 Å². The lowest BCUT2D eigenvalue weighted by Gasteiger charge is -2.16. The molecule has 0 saturated carbocycles. The van der Waals surface area contributed by atoms with Crippen molar-refractivity contribution in [3.63, 3.8) is 0 Å². The van der Waals surface area contributed by atoms with Gasteiger partial charge in [-0.2, -0.15) is 0 Å². The van der Waals surface area contributed by atoms with Gasteiger partial charge >= 0.3 is 0 Å². The van der Waals surface area contributed by atoms with Gasteiger partial charge in [0.15, 0.2) is 5.13 Å². The van der Waals surface area contributed by atoms with Crippen molar-refractivity contribution < 1.29 is 4.79 Å². The van der Waals surface area contributed by atoms with E-state index in [4.69, 9.17) is 0 Å². The highest BCUT2D eigenvalue weighted by Crippen LogP contribution is 2.30. The van der Waals surface area contributed by atoms with Crippen molar-refractivity contribution in [2.45, 2.75) is 44.6 Å². The maximum absolute atomic E-state index is 12.8. The SMILES string of the molecule is CSc1nc(C)nc(C)c1C(=O)Nc1nc(-c2ccc3c(c2)CCCC3)cs1. The third-order valence-corrected chi connectivity index (χ3v) is 6.40. The van der Waals surface area contributed by atoms with Gasteiger partial charge in [0.05, 0.1) is 17.0 Å². The maximum atomic E-state index is 12.8. The van der Waals surface area contributed by atoms with Crippen LogP contribution >= 0.6 is 23.1 Å². The molecule has 0 fully saturated rings. The molecule has 7 heteroatoms. The molecule has 1 N–H and O–H groups in total. The van der Waals surface area contributed by atoms with Gasteiger partial charge in [0.1, 0.15) is 10.9 Å². The van der Waals surface area contributed by atoms with Crippen LogP contribution in [0.2, 0.25) is 0 Å². The third-order valence-electron chi connectivity index (χ3n) is 4.96. The first-order valence-electron chi connectivity index (χ1n) is 9.33. The van der Waals surface area contributed by atoms with Gasteiger partial charge in [-0.3, -0.25) is 10.1 Å². The standard InChI is InChI=1S/C21H22N4OS2/c1-12-18(20(27-3)23-13(2)22-12)19(26)25-21-24-17(11-28-21)16-9-8-14-6-4-5-7-15(14)10-16/h8-11H,4-7H2,1-3H3,(H,24,25,26). The second kappa shape index (κ2) is 8.01. The summed E-state index contributed by atoms with van der Waals surface area (Å²) in [5.41, 5.74) is 6.09. The summed E-state index contributed by atoms with van der Waals surface area (Å²) in [6, 6.07) is 6.60. The Hall–Kier alpha value is -2.25. The summed E-state index contributed by atoms with van der Waals surface area (Å²) in [6.07, 6.45) is 6.75. The lowest BCUT2D eigenvalue weighted by atomic mass is 9.90. The zero-order valence-corrected chi connectivity index (χ0v) is 17.8. The van der Waals surface area contributed by atoms with Gasteiger partial charge < -0.3 is 0 Å². The van der Waals surface area contributed by atoms with Gasteiger partial charge in [-0.25, -0.2) is 15.0 Å². The number of aryl methyl sites for hydroxylation is 4. The van der Waals surface area contributed by atoms with Crippen LogP contribution < -0.4 is 5.32 Å². The Labute approximate surface area is 173 Å². The molecule has 2 heterocycles. The number of amides is 1. The molecule has 28 heavy (non-hydrogen) atoms. The van der Waals surface area contributed by atoms with E-state index in [1.165, 1.54) is 53.5 Å². The molecular weight excluding hydrogens is 388 g/mol. The molecule has 1 aliphatic carbocycles. The number of hydrogen-bond donors (Lipinski definition) is 1. The molecule has 0 bridgehead atoms. The smallest absolute Gasteiger partial charge is 0.262 e. The first-order chi connectivity index (χ1) is 13.5. The number of anilines is 1. The quantitative estimate of drug-likeness (QED) is 0.480. The topological polar surface area (TPSA) is 67.8 Å². The maximum Gasteiger partial charge on any atom is 0.262 e. The second-order valence-corrected chi connectivity index (χ2v) is 8.58. The first kappa shape index (κ1) is 19.1. The average Bonchev–Trinajstić information content (AvgIpc) is 3.15. The minimum atomic E-state index is -0.215. The van der Waals surface area contributed by atoms with Crippen LogP contribution in [-0.4, -0.2) is 27.1 Å². The lowest BCUT2D eigenvalue weighted by molar-refractivity contribution is 0.102. The molecule has 144 valence electrons. The zero-order valence-electron chi connectivity index (χ0n) is 16.2. The molecular formula is C21H22N4OS2. The second-order valence-electron chi connectivity index (χ2n) is 6.92. The summed E-state index contributed by atoms with van der Waals surface area (Å²) in [4.78, 5) is 26.2. The minimum Gasteiger partial charge on any atom is -0.298 e. The van der Waals surface area contributed by atoms with Crippen LogP contribution in [0.3, 0.4) is 0 Å². The molecule has 1 amide bonds. The monoisotopic (exact) mass is 410 g/mol. The van der Waals surface area contributed by atoms with E-state index >= 15 is 0 Å². The first-order valence-corrected chi connectivity index (χ1v) is 11.4. The summed E-state index contributed by atoms with van der Waals surface area (Å²) >= 11 is 2.89. The molecule has 3 aromatic rings. The van der Waals surface area contributed by atoms with E-state index in [0.717, 1.165) is 17.7 Å². The van der Waals surface area contributed by atoms with Crippen molar-refractivity contribution >= 4 is 34.1 Å². The van der Waals surface area contributed by atoms with Crippen molar-refractivity contribution in [2.75, 3.05) is 11.6 Å². The predicted octanol–water partition coefficient (Wildman–Crippen LogP) is 5.07. The van der Waals surface area contributed by atoms with Crippen molar-refractivity contribution in [1.82, 2.24) is 15.0 Å². The summed E-state index contributed by atoms with van der Waals surface area (Å²) in [5.74, 6) is 0.454. The molecule has 4 rings (SSSR count). The van der Waals surface area contributed by atoms with E-state index in [1.54, 1.807) is 0 Å². The highest BCUT2D eigenvalue weighted by Gasteiger charge is 2.19. The van der Waals surface area contributed by atoms with Gasteiger partial charge in [-0.05, 0) is 63.0 Å². The number of rotatable bonds is 4. The summed E-state index contributed by atoms with van der Waals surface area (Å²) < 4.78 is 0. The van der Waals surface area contributed by atoms with Crippen LogP contribution in [0.25, 0.3) is 11.3 Å². The van der Waals surface area contributed by atoms with E-state index in [2.05, 4.69) is 38.5 Å². The fourth-order valence-corrected chi connectivity index (χ4v) is 4.99. The molecule has 5 nitrogen and oxygen atoms in total. The molecule has 2 aromatic heterocycles. The third kappa shape index (κ3) is 3.82. The van der Waals surface area contributed by atoms with Crippen LogP contribution in [0, 0.1) is 13.8 Å². The van der Waals surface area contributed by atoms with Gasteiger partial charge in [0.25, 0.3) is 5.91 Å². The zero-order chi connectivity index (χ0) is 19.7. The molecule has 0 aliphatic heterocycles. The van der Waals surface area contributed by atoms with Gasteiger partial charge in [0.2, 0.25) is 0 Å². The number of aromatic nitrogens is 3. The Bertz CT molecular complexity index is 1040. The van der Waals surface area contributed by atoms with Crippen molar-refractivity contribution in [1.29, 1.82) is 0 Å². The van der Waals surface area contributed by atoms with E-state index in [9.17, 15) is 4.79 Å². The largest absolute Gasteiger partial charge is 0.298 e.